The third kappa shape index (κ3) is 3.14. The number of aromatic amines is 1. The molecule has 2 aromatic rings. The Morgan fingerprint density at radius 1 is 1.48 bits per heavy atom. The monoisotopic (exact) mass is 307 g/mol. The van der Waals surface area contributed by atoms with Crippen LogP contribution in [0.25, 0.3) is 0 Å². The van der Waals surface area contributed by atoms with Crippen molar-refractivity contribution >= 4 is 17.6 Å². The summed E-state index contributed by atoms with van der Waals surface area (Å²) < 4.78 is 1.34. The van der Waals surface area contributed by atoms with Crippen molar-refractivity contribution in [3.63, 3.8) is 0 Å². The van der Waals surface area contributed by atoms with E-state index in [1.165, 1.54) is 4.68 Å². The van der Waals surface area contributed by atoms with E-state index in [-0.39, 0.29) is 11.0 Å². The van der Waals surface area contributed by atoms with E-state index in [0.29, 0.717) is 10.5 Å². The van der Waals surface area contributed by atoms with Gasteiger partial charge in [-0.1, -0.05) is 16.8 Å². The lowest BCUT2D eigenvalue weighted by Crippen LogP contribution is -2.33. The second-order valence-electron chi connectivity index (χ2n) is 4.29. The SMILES string of the molecule is Cc1ccc(Sc2nc(=O)c(=O)[nH]n2C)c(/C(N)=N/O)c1. The number of aryl methyl sites for hydroxylation is 2. The number of hydrogen-bond donors (Lipinski definition) is 3. The van der Waals surface area contributed by atoms with Crippen LogP contribution in [0.2, 0.25) is 0 Å². The average molecular weight is 307 g/mol. The highest BCUT2D eigenvalue weighted by molar-refractivity contribution is 7.99. The molecule has 0 saturated carbocycles. The van der Waals surface area contributed by atoms with Crippen molar-refractivity contribution in [2.24, 2.45) is 17.9 Å². The average Bonchev–Trinajstić information content (AvgIpc) is 2.45. The lowest BCUT2D eigenvalue weighted by molar-refractivity contribution is 0.318. The normalized spacial score (nSPS) is 11.6. The van der Waals surface area contributed by atoms with Gasteiger partial charge in [0.25, 0.3) is 0 Å². The molecule has 0 atom stereocenters. The largest absolute Gasteiger partial charge is 0.409 e. The van der Waals surface area contributed by atoms with Crippen LogP contribution in [0.4, 0.5) is 0 Å². The Hall–Kier alpha value is -2.55. The van der Waals surface area contributed by atoms with Gasteiger partial charge in [0.05, 0.1) is 0 Å². The maximum Gasteiger partial charge on any atom is 0.339 e. The van der Waals surface area contributed by atoms with Crippen LogP contribution in [-0.2, 0) is 7.05 Å². The molecule has 0 spiro atoms. The lowest BCUT2D eigenvalue weighted by atomic mass is 10.1. The van der Waals surface area contributed by atoms with E-state index in [0.717, 1.165) is 17.3 Å². The van der Waals surface area contributed by atoms with Crippen molar-refractivity contribution in [3.8, 4) is 0 Å². The molecule has 0 aliphatic heterocycles. The molecule has 0 fully saturated rings. The van der Waals surface area contributed by atoms with E-state index in [2.05, 4.69) is 15.2 Å². The van der Waals surface area contributed by atoms with Gasteiger partial charge in [0.2, 0.25) is 0 Å². The number of aromatic nitrogens is 3. The molecular weight excluding hydrogens is 294 g/mol. The van der Waals surface area contributed by atoms with Crippen LogP contribution in [0.15, 0.2) is 43.0 Å². The Morgan fingerprint density at radius 2 is 2.19 bits per heavy atom. The molecule has 9 heteroatoms. The number of rotatable bonds is 3. The van der Waals surface area contributed by atoms with Crippen molar-refractivity contribution in [1.29, 1.82) is 0 Å². The van der Waals surface area contributed by atoms with Gasteiger partial charge in [0.1, 0.15) is 0 Å². The Kier molecular flexibility index (Phi) is 4.13. The van der Waals surface area contributed by atoms with E-state index in [9.17, 15) is 9.59 Å². The van der Waals surface area contributed by atoms with E-state index < -0.39 is 11.1 Å². The smallest absolute Gasteiger partial charge is 0.339 e. The highest BCUT2D eigenvalue weighted by Crippen LogP contribution is 2.28. The van der Waals surface area contributed by atoms with Crippen molar-refractivity contribution in [3.05, 3.63) is 50.0 Å². The molecule has 0 saturated heterocycles. The van der Waals surface area contributed by atoms with Gasteiger partial charge in [-0.25, -0.2) is 0 Å². The molecule has 110 valence electrons. The van der Waals surface area contributed by atoms with Crippen molar-refractivity contribution in [2.75, 3.05) is 0 Å². The summed E-state index contributed by atoms with van der Waals surface area (Å²) >= 11 is 1.13. The minimum Gasteiger partial charge on any atom is -0.409 e. The first-order valence-electron chi connectivity index (χ1n) is 5.86. The number of H-pyrrole nitrogens is 1. The Bertz CT molecular complexity index is 824. The van der Waals surface area contributed by atoms with E-state index in [4.69, 9.17) is 10.9 Å². The molecule has 2 rings (SSSR count). The van der Waals surface area contributed by atoms with Gasteiger partial charge in [0.15, 0.2) is 11.0 Å². The second kappa shape index (κ2) is 5.83. The number of nitrogens with two attached hydrogens (primary N) is 1. The topological polar surface area (TPSA) is 126 Å². The van der Waals surface area contributed by atoms with Gasteiger partial charge in [-0.3, -0.25) is 19.4 Å². The number of nitrogens with zero attached hydrogens (tertiary/aromatic N) is 3. The first-order chi connectivity index (χ1) is 9.92. The Labute approximate surface area is 123 Å². The molecule has 0 bridgehead atoms. The predicted molar refractivity (Wildman–Crippen MR) is 77.9 cm³/mol. The van der Waals surface area contributed by atoms with Crippen LogP contribution in [0.5, 0.6) is 0 Å². The van der Waals surface area contributed by atoms with Crippen LogP contribution in [0.3, 0.4) is 0 Å². The second-order valence-corrected chi connectivity index (χ2v) is 5.30. The molecule has 0 aliphatic carbocycles. The summed E-state index contributed by atoms with van der Waals surface area (Å²) in [5.41, 5.74) is 5.44. The van der Waals surface area contributed by atoms with E-state index in [1.54, 1.807) is 19.2 Å². The lowest BCUT2D eigenvalue weighted by Gasteiger charge is -2.10. The number of amidine groups is 1. The van der Waals surface area contributed by atoms with Crippen LogP contribution in [0.1, 0.15) is 11.1 Å². The fraction of sp³-hybridized carbons (Fsp3) is 0.167. The molecule has 1 heterocycles. The quantitative estimate of drug-likeness (QED) is 0.241. The molecule has 0 amide bonds. The minimum absolute atomic E-state index is 0.0457. The van der Waals surface area contributed by atoms with Gasteiger partial charge in [-0.2, -0.15) is 4.98 Å². The van der Waals surface area contributed by atoms with Gasteiger partial charge in [-0.15, -0.1) is 0 Å². The van der Waals surface area contributed by atoms with Gasteiger partial charge >= 0.3 is 11.1 Å². The summed E-state index contributed by atoms with van der Waals surface area (Å²) in [5.74, 6) is -0.0457. The van der Waals surface area contributed by atoms with Crippen LogP contribution < -0.4 is 16.9 Å². The van der Waals surface area contributed by atoms with Crippen molar-refractivity contribution in [1.82, 2.24) is 14.8 Å². The highest BCUT2D eigenvalue weighted by Gasteiger charge is 2.12. The summed E-state index contributed by atoms with van der Waals surface area (Å²) in [6, 6.07) is 5.37. The van der Waals surface area contributed by atoms with Crippen LogP contribution >= 0.6 is 11.8 Å². The van der Waals surface area contributed by atoms with Crippen LogP contribution in [0, 0.1) is 6.92 Å². The first kappa shape index (κ1) is 14.9. The van der Waals surface area contributed by atoms with Crippen molar-refractivity contribution < 1.29 is 5.21 Å². The Balaban J connectivity index is 2.52. The molecule has 0 radical (unpaired) electrons. The highest BCUT2D eigenvalue weighted by atomic mass is 32.2. The number of benzene rings is 1. The summed E-state index contributed by atoms with van der Waals surface area (Å²) in [6.07, 6.45) is 0. The zero-order valence-electron chi connectivity index (χ0n) is 11.3. The minimum atomic E-state index is -0.868. The summed E-state index contributed by atoms with van der Waals surface area (Å²) in [6.45, 7) is 1.87. The molecule has 1 aromatic carbocycles. The fourth-order valence-electron chi connectivity index (χ4n) is 1.64. The van der Waals surface area contributed by atoms with E-state index >= 15 is 0 Å². The number of oxime groups is 1. The first-order valence-corrected chi connectivity index (χ1v) is 6.67. The summed E-state index contributed by atoms with van der Waals surface area (Å²) in [7, 11) is 1.56. The zero-order valence-corrected chi connectivity index (χ0v) is 12.1. The molecule has 4 N–H and O–H groups in total. The van der Waals surface area contributed by atoms with Gasteiger partial charge in [0, 0.05) is 17.5 Å². The number of hydrogen-bond acceptors (Lipinski definition) is 6. The number of nitrogens with one attached hydrogen (secondary N) is 1. The van der Waals surface area contributed by atoms with Gasteiger partial charge in [-0.05, 0) is 30.8 Å². The molecule has 1 aromatic heterocycles. The van der Waals surface area contributed by atoms with E-state index in [1.807, 2.05) is 13.0 Å². The molecular formula is C12H13N5O3S. The molecule has 0 aliphatic rings. The Morgan fingerprint density at radius 3 is 2.86 bits per heavy atom. The third-order valence-corrected chi connectivity index (χ3v) is 3.79. The zero-order chi connectivity index (χ0) is 15.6. The van der Waals surface area contributed by atoms with Gasteiger partial charge < -0.3 is 10.9 Å². The summed E-state index contributed by atoms with van der Waals surface area (Å²) in [4.78, 5) is 26.9. The summed E-state index contributed by atoms with van der Waals surface area (Å²) in [5, 5.41) is 14.5. The third-order valence-electron chi connectivity index (χ3n) is 2.67. The maximum atomic E-state index is 11.3. The molecule has 8 nitrogen and oxygen atoms in total. The predicted octanol–water partition coefficient (Wildman–Crippen LogP) is 0.0227. The van der Waals surface area contributed by atoms with Crippen molar-refractivity contribution in [2.45, 2.75) is 17.0 Å². The van der Waals surface area contributed by atoms with Crippen LogP contribution in [-0.4, -0.2) is 25.8 Å². The molecule has 21 heavy (non-hydrogen) atoms. The maximum absolute atomic E-state index is 11.3. The fourth-order valence-corrected chi connectivity index (χ4v) is 2.55. The standard InChI is InChI=1S/C12H13N5O3S/c1-6-3-4-8(7(5-6)9(13)16-20)21-12-14-10(18)11(19)15-17(12)2/h3-5,20H,1-2H3,(H2,13,16)(H,15,19). The molecule has 0 unspecified atom stereocenters.